The number of fused-ring (bicyclic) bond motifs is 1. The number of nitrogens with one attached hydrogen (secondary N) is 1. The third-order valence-corrected chi connectivity index (χ3v) is 6.26. The smallest absolute Gasteiger partial charge is 0.273 e. The van der Waals surface area contributed by atoms with E-state index in [0.29, 0.717) is 33.0 Å². The van der Waals surface area contributed by atoms with Crippen LogP contribution < -0.4 is 0 Å². The summed E-state index contributed by atoms with van der Waals surface area (Å²) in [5.74, 6) is -0.606. The Morgan fingerprint density at radius 2 is 1.88 bits per heavy atom. The molecule has 2 heterocycles. The molecule has 1 aromatic heterocycles. The van der Waals surface area contributed by atoms with Gasteiger partial charge in [0.2, 0.25) is 0 Å². The molecule has 1 atom stereocenters. The van der Waals surface area contributed by atoms with Gasteiger partial charge in [0.05, 0.1) is 6.04 Å². The van der Waals surface area contributed by atoms with Crippen molar-refractivity contribution in [3.8, 4) is 22.8 Å². The van der Waals surface area contributed by atoms with E-state index >= 15 is 0 Å². The van der Waals surface area contributed by atoms with E-state index in [1.54, 1.807) is 54.3 Å². The second-order valence-electron chi connectivity index (χ2n) is 8.04. The topological polar surface area (TPSA) is 89.4 Å². The summed E-state index contributed by atoms with van der Waals surface area (Å²) in [5, 5.41) is 28.4. The Morgan fingerprint density at radius 3 is 2.61 bits per heavy atom. The molecule has 0 saturated carbocycles. The molecule has 0 unspecified atom stereocenters. The Bertz CT molecular complexity index is 1380. The summed E-state index contributed by atoms with van der Waals surface area (Å²) in [4.78, 5) is 15.0. The molecule has 0 aliphatic carbocycles. The van der Waals surface area contributed by atoms with Gasteiger partial charge in [-0.15, -0.1) is 0 Å². The standard InChI is InChI=1S/C25H19ClFN3O3/c1-13-9-20(32)18(11-19(13)26)22-21-23(29-28-22)25(33)30(12-14-5-7-16(27)8-6-14)24(21)15-3-2-4-17(31)10-15/h2-11,24,31-32H,12H2,1H3,(H,28,29)/t24-/m0/s1. The van der Waals surface area contributed by atoms with Crippen LogP contribution in [-0.4, -0.2) is 31.2 Å². The molecule has 166 valence electrons. The number of benzene rings is 3. The fraction of sp³-hybridized carbons (Fsp3) is 0.120. The third kappa shape index (κ3) is 3.60. The van der Waals surface area contributed by atoms with Crippen LogP contribution in [0.5, 0.6) is 11.5 Å². The number of aromatic amines is 1. The van der Waals surface area contributed by atoms with Crippen molar-refractivity contribution in [3.63, 3.8) is 0 Å². The number of aromatic nitrogens is 2. The van der Waals surface area contributed by atoms with Crippen LogP contribution in [0.25, 0.3) is 11.3 Å². The van der Waals surface area contributed by atoms with Crippen LogP contribution in [-0.2, 0) is 6.54 Å². The van der Waals surface area contributed by atoms with Crippen LogP contribution in [0.2, 0.25) is 5.02 Å². The van der Waals surface area contributed by atoms with Crippen LogP contribution in [0.15, 0.2) is 60.7 Å². The first-order valence-corrected chi connectivity index (χ1v) is 10.6. The number of hydrogen-bond acceptors (Lipinski definition) is 4. The highest BCUT2D eigenvalue weighted by Crippen LogP contribution is 2.46. The largest absolute Gasteiger partial charge is 0.508 e. The number of hydrogen-bond donors (Lipinski definition) is 3. The molecule has 6 nitrogen and oxygen atoms in total. The van der Waals surface area contributed by atoms with E-state index in [-0.39, 0.29) is 35.5 Å². The Morgan fingerprint density at radius 1 is 1.12 bits per heavy atom. The fourth-order valence-corrected chi connectivity index (χ4v) is 4.41. The molecule has 0 radical (unpaired) electrons. The number of rotatable bonds is 4. The van der Waals surface area contributed by atoms with Gasteiger partial charge in [0.15, 0.2) is 0 Å². The molecule has 5 rings (SSSR count). The number of aromatic hydroxyl groups is 2. The van der Waals surface area contributed by atoms with Crippen LogP contribution >= 0.6 is 11.6 Å². The van der Waals surface area contributed by atoms with E-state index in [1.807, 2.05) is 6.07 Å². The van der Waals surface area contributed by atoms with Gasteiger partial charge in [-0.2, -0.15) is 5.10 Å². The molecule has 1 aliphatic heterocycles. The molecule has 3 aromatic carbocycles. The van der Waals surface area contributed by atoms with Gasteiger partial charge in [0, 0.05) is 22.7 Å². The molecule has 4 aromatic rings. The minimum absolute atomic E-state index is 0.00899. The first-order valence-electron chi connectivity index (χ1n) is 10.3. The third-order valence-electron chi connectivity index (χ3n) is 5.85. The van der Waals surface area contributed by atoms with Gasteiger partial charge in [-0.05, 0) is 60.0 Å². The van der Waals surface area contributed by atoms with Crippen LogP contribution in [0.4, 0.5) is 4.39 Å². The number of H-pyrrole nitrogens is 1. The van der Waals surface area contributed by atoms with Gasteiger partial charge in [-0.1, -0.05) is 35.9 Å². The summed E-state index contributed by atoms with van der Waals surface area (Å²) < 4.78 is 13.4. The summed E-state index contributed by atoms with van der Waals surface area (Å²) >= 11 is 6.32. The average Bonchev–Trinajstić information content (AvgIpc) is 3.32. The Balaban J connectivity index is 1.68. The zero-order chi connectivity index (χ0) is 23.3. The van der Waals surface area contributed by atoms with Gasteiger partial charge >= 0.3 is 0 Å². The van der Waals surface area contributed by atoms with E-state index in [9.17, 15) is 19.4 Å². The van der Waals surface area contributed by atoms with E-state index in [1.165, 1.54) is 12.1 Å². The molecule has 33 heavy (non-hydrogen) atoms. The highest BCUT2D eigenvalue weighted by Gasteiger charge is 2.42. The van der Waals surface area contributed by atoms with Gasteiger partial charge in [0.1, 0.15) is 28.7 Å². The maximum absolute atomic E-state index is 13.4. The van der Waals surface area contributed by atoms with Gasteiger partial charge < -0.3 is 15.1 Å². The summed E-state index contributed by atoms with van der Waals surface area (Å²) in [6, 6.07) is 15.2. The van der Waals surface area contributed by atoms with Crippen molar-refractivity contribution in [3.05, 3.63) is 99.5 Å². The molecule has 0 saturated heterocycles. The van der Waals surface area contributed by atoms with Crippen molar-refractivity contribution in [2.45, 2.75) is 19.5 Å². The fourth-order valence-electron chi connectivity index (χ4n) is 4.25. The van der Waals surface area contributed by atoms with Crippen molar-refractivity contribution >= 4 is 17.5 Å². The monoisotopic (exact) mass is 463 g/mol. The van der Waals surface area contributed by atoms with Gasteiger partial charge in [-0.3, -0.25) is 9.89 Å². The first-order chi connectivity index (χ1) is 15.8. The predicted octanol–water partition coefficient (Wildman–Crippen LogP) is 5.33. The second kappa shape index (κ2) is 7.94. The predicted molar refractivity (Wildman–Crippen MR) is 122 cm³/mol. The van der Waals surface area contributed by atoms with Gasteiger partial charge in [-0.25, -0.2) is 4.39 Å². The summed E-state index contributed by atoms with van der Waals surface area (Å²) in [6.07, 6.45) is 0. The van der Waals surface area contributed by atoms with Crippen molar-refractivity contribution < 1.29 is 19.4 Å². The Labute approximate surface area is 193 Å². The number of nitrogens with zero attached hydrogens (tertiary/aromatic N) is 2. The van der Waals surface area contributed by atoms with Crippen LogP contribution in [0, 0.1) is 12.7 Å². The molecule has 1 aliphatic rings. The Kier molecular flexibility index (Phi) is 5.06. The van der Waals surface area contributed by atoms with E-state index in [2.05, 4.69) is 10.2 Å². The molecular weight excluding hydrogens is 445 g/mol. The van der Waals surface area contributed by atoms with E-state index in [4.69, 9.17) is 11.6 Å². The summed E-state index contributed by atoms with van der Waals surface area (Å²) in [7, 11) is 0. The SMILES string of the molecule is Cc1cc(O)c(-c2n[nH]c3c2[C@H](c2cccc(O)c2)N(Cc2ccc(F)cc2)C3=O)cc1Cl. The number of phenolic OH excluding ortho intramolecular Hbond substituents is 2. The van der Waals surface area contributed by atoms with Crippen molar-refractivity contribution in [2.24, 2.45) is 0 Å². The number of phenols is 2. The molecular formula is C25H19ClFN3O3. The van der Waals surface area contributed by atoms with Crippen LogP contribution in [0.3, 0.4) is 0 Å². The highest BCUT2D eigenvalue weighted by atomic mass is 35.5. The molecule has 1 amide bonds. The number of aryl methyl sites for hydroxylation is 1. The van der Waals surface area contributed by atoms with Crippen LogP contribution in [0.1, 0.15) is 38.8 Å². The molecule has 3 N–H and O–H groups in total. The first kappa shape index (κ1) is 21.0. The zero-order valence-corrected chi connectivity index (χ0v) is 18.3. The number of halogens is 2. The number of carbonyl (C=O) groups is 1. The Hall–Kier alpha value is -3.84. The molecule has 0 fully saturated rings. The lowest BCUT2D eigenvalue weighted by molar-refractivity contribution is 0.0730. The van der Waals surface area contributed by atoms with Crippen molar-refractivity contribution in [1.82, 2.24) is 15.1 Å². The number of amides is 1. The molecule has 0 bridgehead atoms. The highest BCUT2D eigenvalue weighted by molar-refractivity contribution is 6.31. The minimum atomic E-state index is -0.599. The second-order valence-corrected chi connectivity index (χ2v) is 8.44. The lowest BCUT2D eigenvalue weighted by Gasteiger charge is -2.26. The molecule has 8 heteroatoms. The minimum Gasteiger partial charge on any atom is -0.508 e. The maximum Gasteiger partial charge on any atom is 0.273 e. The summed E-state index contributed by atoms with van der Waals surface area (Å²) in [6.45, 7) is 1.99. The van der Waals surface area contributed by atoms with E-state index < -0.39 is 6.04 Å². The van der Waals surface area contributed by atoms with E-state index in [0.717, 1.165) is 5.56 Å². The maximum atomic E-state index is 13.4. The number of carbonyl (C=O) groups excluding carboxylic acids is 1. The van der Waals surface area contributed by atoms with Crippen molar-refractivity contribution in [2.75, 3.05) is 0 Å². The molecule has 0 spiro atoms. The normalized spacial score (nSPS) is 15.2. The quantitative estimate of drug-likeness (QED) is 0.381. The van der Waals surface area contributed by atoms with Crippen molar-refractivity contribution in [1.29, 1.82) is 0 Å². The average molecular weight is 464 g/mol. The zero-order valence-electron chi connectivity index (χ0n) is 17.5. The lowest BCUT2D eigenvalue weighted by atomic mass is 9.95. The lowest BCUT2D eigenvalue weighted by Crippen LogP contribution is -2.29. The summed E-state index contributed by atoms with van der Waals surface area (Å²) in [5.41, 5.74) is 3.78. The van der Waals surface area contributed by atoms with Gasteiger partial charge in [0.25, 0.3) is 5.91 Å².